The van der Waals surface area contributed by atoms with Gasteiger partial charge in [0, 0.05) is 12.5 Å². The fraction of sp³-hybridized carbons (Fsp3) is 0.467. The van der Waals surface area contributed by atoms with Crippen LogP contribution in [0.1, 0.15) is 37.7 Å². The number of carbonyl (C=O) groups is 1. The van der Waals surface area contributed by atoms with Crippen LogP contribution in [0.25, 0.3) is 0 Å². The second kappa shape index (κ2) is 6.02. The Bertz CT molecular complexity index is 565. The van der Waals surface area contributed by atoms with Crippen LogP contribution in [-0.2, 0) is 9.63 Å². The van der Waals surface area contributed by atoms with E-state index >= 15 is 0 Å². The SMILES string of the molecule is O=C(NC1CCCC1)[C@@H]1CC(c2c(F)cccc2Cl)=NO1. The number of hydrogen-bond donors (Lipinski definition) is 1. The van der Waals surface area contributed by atoms with Crippen molar-refractivity contribution in [2.45, 2.75) is 44.2 Å². The number of nitrogens with zero attached hydrogens (tertiary/aromatic N) is 1. The third-order valence-corrected chi connectivity index (χ3v) is 4.23. The van der Waals surface area contributed by atoms with E-state index in [-0.39, 0.29) is 29.0 Å². The van der Waals surface area contributed by atoms with Gasteiger partial charge in [-0.15, -0.1) is 0 Å². The fourth-order valence-electron chi connectivity index (χ4n) is 2.80. The summed E-state index contributed by atoms with van der Waals surface area (Å²) in [5.74, 6) is -0.644. The lowest BCUT2D eigenvalue weighted by Gasteiger charge is -2.14. The molecular weight excluding hydrogens is 295 g/mol. The molecule has 1 aromatic rings. The standard InChI is InChI=1S/C15H16ClFN2O2/c16-10-6-3-7-11(17)14(10)12-8-13(21-19-12)15(20)18-9-4-1-2-5-9/h3,6-7,9,13H,1-2,4-5,8H2,(H,18,20)/t13-/m0/s1. The van der Waals surface area contributed by atoms with Crippen LogP contribution in [0, 0.1) is 5.82 Å². The van der Waals surface area contributed by atoms with E-state index in [9.17, 15) is 9.18 Å². The van der Waals surface area contributed by atoms with Crippen LogP contribution in [0.4, 0.5) is 4.39 Å². The van der Waals surface area contributed by atoms with Gasteiger partial charge in [-0.3, -0.25) is 4.79 Å². The van der Waals surface area contributed by atoms with Crippen molar-refractivity contribution in [3.8, 4) is 0 Å². The lowest BCUT2D eigenvalue weighted by atomic mass is 10.0. The smallest absolute Gasteiger partial charge is 0.264 e. The zero-order valence-corrected chi connectivity index (χ0v) is 12.2. The number of amides is 1. The van der Waals surface area contributed by atoms with E-state index < -0.39 is 11.9 Å². The highest BCUT2D eigenvalue weighted by Gasteiger charge is 2.32. The van der Waals surface area contributed by atoms with E-state index in [1.807, 2.05) is 0 Å². The number of benzene rings is 1. The lowest BCUT2D eigenvalue weighted by molar-refractivity contribution is -0.131. The van der Waals surface area contributed by atoms with Gasteiger partial charge in [0.15, 0.2) is 0 Å². The summed E-state index contributed by atoms with van der Waals surface area (Å²) in [4.78, 5) is 17.3. The van der Waals surface area contributed by atoms with E-state index in [1.54, 1.807) is 6.07 Å². The van der Waals surface area contributed by atoms with Crippen molar-refractivity contribution in [3.63, 3.8) is 0 Å². The third kappa shape index (κ3) is 3.02. The predicted octanol–water partition coefficient (Wildman–Crippen LogP) is 3.03. The van der Waals surface area contributed by atoms with Crippen LogP contribution in [0.5, 0.6) is 0 Å². The molecule has 1 saturated carbocycles. The highest BCUT2D eigenvalue weighted by atomic mass is 35.5. The van der Waals surface area contributed by atoms with Crippen molar-refractivity contribution in [3.05, 3.63) is 34.6 Å². The van der Waals surface area contributed by atoms with E-state index in [4.69, 9.17) is 16.4 Å². The summed E-state index contributed by atoms with van der Waals surface area (Å²) in [5, 5.41) is 7.07. The van der Waals surface area contributed by atoms with Gasteiger partial charge in [0.25, 0.3) is 5.91 Å². The maximum atomic E-state index is 13.8. The summed E-state index contributed by atoms with van der Waals surface area (Å²) in [6, 6.07) is 4.66. The molecule has 1 aromatic carbocycles. The Morgan fingerprint density at radius 3 is 2.86 bits per heavy atom. The first-order valence-corrected chi connectivity index (χ1v) is 7.50. The molecule has 112 valence electrons. The summed E-state index contributed by atoms with van der Waals surface area (Å²) in [6.45, 7) is 0. The average molecular weight is 311 g/mol. The summed E-state index contributed by atoms with van der Waals surface area (Å²) < 4.78 is 13.8. The summed E-state index contributed by atoms with van der Waals surface area (Å²) in [7, 11) is 0. The largest absolute Gasteiger partial charge is 0.382 e. The van der Waals surface area contributed by atoms with Gasteiger partial charge in [-0.1, -0.05) is 35.7 Å². The lowest BCUT2D eigenvalue weighted by Crippen LogP contribution is -2.40. The summed E-state index contributed by atoms with van der Waals surface area (Å²) >= 11 is 6.00. The van der Waals surface area contributed by atoms with Gasteiger partial charge in [0.05, 0.1) is 16.3 Å². The maximum Gasteiger partial charge on any atom is 0.264 e. The van der Waals surface area contributed by atoms with E-state index in [2.05, 4.69) is 10.5 Å². The van der Waals surface area contributed by atoms with Gasteiger partial charge in [-0.05, 0) is 25.0 Å². The predicted molar refractivity (Wildman–Crippen MR) is 77.8 cm³/mol. The van der Waals surface area contributed by atoms with Gasteiger partial charge < -0.3 is 10.2 Å². The molecule has 21 heavy (non-hydrogen) atoms. The number of carbonyl (C=O) groups excluding carboxylic acids is 1. The monoisotopic (exact) mass is 310 g/mol. The van der Waals surface area contributed by atoms with E-state index in [1.165, 1.54) is 12.1 Å². The van der Waals surface area contributed by atoms with Crippen LogP contribution in [0.15, 0.2) is 23.4 Å². The maximum absolute atomic E-state index is 13.8. The van der Waals surface area contributed by atoms with Crippen molar-refractivity contribution in [1.29, 1.82) is 0 Å². The van der Waals surface area contributed by atoms with Gasteiger partial charge in [-0.25, -0.2) is 4.39 Å². The Morgan fingerprint density at radius 1 is 1.38 bits per heavy atom. The Kier molecular flexibility index (Phi) is 4.10. The van der Waals surface area contributed by atoms with Crippen LogP contribution in [0.2, 0.25) is 5.02 Å². The summed E-state index contributed by atoms with van der Waals surface area (Å²) in [6.07, 6.45) is 3.83. The number of oxime groups is 1. The molecule has 1 amide bonds. The molecule has 0 saturated heterocycles. The first-order valence-electron chi connectivity index (χ1n) is 7.12. The fourth-order valence-corrected chi connectivity index (χ4v) is 3.08. The molecule has 0 aromatic heterocycles. The molecule has 1 aliphatic heterocycles. The Balaban J connectivity index is 1.65. The highest BCUT2D eigenvalue weighted by molar-refractivity contribution is 6.34. The van der Waals surface area contributed by atoms with Gasteiger partial charge >= 0.3 is 0 Å². The van der Waals surface area contributed by atoms with Crippen molar-refractivity contribution in [2.24, 2.45) is 5.16 Å². The zero-order chi connectivity index (χ0) is 14.8. The van der Waals surface area contributed by atoms with Gasteiger partial charge in [-0.2, -0.15) is 0 Å². The van der Waals surface area contributed by atoms with Gasteiger partial charge in [0.2, 0.25) is 6.10 Å². The molecule has 1 atom stereocenters. The third-order valence-electron chi connectivity index (χ3n) is 3.91. The minimum absolute atomic E-state index is 0.187. The molecule has 1 N–H and O–H groups in total. The van der Waals surface area contributed by atoms with Crippen LogP contribution >= 0.6 is 11.6 Å². The van der Waals surface area contributed by atoms with Crippen LogP contribution < -0.4 is 5.32 Å². The molecule has 0 bridgehead atoms. The first kappa shape index (κ1) is 14.3. The van der Waals surface area contributed by atoms with Crippen LogP contribution in [0.3, 0.4) is 0 Å². The van der Waals surface area contributed by atoms with Crippen LogP contribution in [-0.4, -0.2) is 23.8 Å². The number of hydrogen-bond acceptors (Lipinski definition) is 3. The van der Waals surface area contributed by atoms with E-state index in [0.717, 1.165) is 25.7 Å². The Labute approximate surface area is 127 Å². The van der Waals surface area contributed by atoms with Crippen molar-refractivity contribution >= 4 is 23.2 Å². The quantitative estimate of drug-likeness (QED) is 0.933. The molecule has 0 unspecified atom stereocenters. The molecule has 6 heteroatoms. The number of rotatable bonds is 3. The number of halogens is 2. The average Bonchev–Trinajstić information content (AvgIpc) is 3.10. The zero-order valence-electron chi connectivity index (χ0n) is 11.4. The molecular formula is C15H16ClFN2O2. The summed E-state index contributed by atoms with van der Waals surface area (Å²) in [5.41, 5.74) is 0.597. The topological polar surface area (TPSA) is 50.7 Å². The molecule has 1 fully saturated rings. The second-order valence-electron chi connectivity index (χ2n) is 5.42. The molecule has 1 heterocycles. The van der Waals surface area contributed by atoms with Gasteiger partial charge in [0.1, 0.15) is 5.82 Å². The van der Waals surface area contributed by atoms with Crippen molar-refractivity contribution in [1.82, 2.24) is 5.32 Å². The van der Waals surface area contributed by atoms with Crippen molar-refractivity contribution in [2.75, 3.05) is 0 Å². The molecule has 1 aliphatic carbocycles. The normalized spacial score (nSPS) is 22.0. The molecule has 0 spiro atoms. The molecule has 3 rings (SSSR count). The number of nitrogens with one attached hydrogen (secondary N) is 1. The molecule has 4 nitrogen and oxygen atoms in total. The van der Waals surface area contributed by atoms with Crippen molar-refractivity contribution < 1.29 is 14.0 Å². The minimum atomic E-state index is -0.698. The highest BCUT2D eigenvalue weighted by Crippen LogP contribution is 2.26. The second-order valence-corrected chi connectivity index (χ2v) is 5.83. The molecule has 2 aliphatic rings. The van der Waals surface area contributed by atoms with E-state index in [0.29, 0.717) is 5.71 Å². The minimum Gasteiger partial charge on any atom is -0.382 e. The molecule has 0 radical (unpaired) electrons. The Hall–Kier alpha value is -1.62. The first-order chi connectivity index (χ1) is 10.1. The Morgan fingerprint density at radius 2 is 2.14 bits per heavy atom.